The van der Waals surface area contributed by atoms with Gasteiger partial charge in [0.1, 0.15) is 0 Å². The number of rotatable bonds is 3. The maximum Gasteiger partial charge on any atom is 0.258 e. The third kappa shape index (κ3) is 3.86. The first kappa shape index (κ1) is 16.7. The largest absolute Gasteiger partial charge is 0.370 e. The second-order valence-electron chi connectivity index (χ2n) is 5.60. The highest BCUT2D eigenvalue weighted by Gasteiger charge is 2.17. The minimum atomic E-state index is -0.322. The summed E-state index contributed by atoms with van der Waals surface area (Å²) in [5.74, 6) is -0.322. The second kappa shape index (κ2) is 7.64. The van der Waals surface area contributed by atoms with E-state index in [9.17, 15) is 4.79 Å². The monoisotopic (exact) mass is 359 g/mol. The SMILES string of the molecule is O=C(NC(=S)Nc1ccccc1N1CCCC1)c1ccccc1Cl. The van der Waals surface area contributed by atoms with Crippen LogP contribution in [0.2, 0.25) is 5.02 Å². The van der Waals surface area contributed by atoms with Gasteiger partial charge in [-0.05, 0) is 49.3 Å². The van der Waals surface area contributed by atoms with E-state index in [0.717, 1.165) is 24.5 Å². The lowest BCUT2D eigenvalue weighted by molar-refractivity contribution is 0.0978. The van der Waals surface area contributed by atoms with Gasteiger partial charge in [-0.1, -0.05) is 35.9 Å². The highest BCUT2D eigenvalue weighted by molar-refractivity contribution is 7.80. The van der Waals surface area contributed by atoms with Crippen LogP contribution >= 0.6 is 23.8 Å². The summed E-state index contributed by atoms with van der Waals surface area (Å²) in [6.07, 6.45) is 2.39. The van der Waals surface area contributed by atoms with Crippen molar-refractivity contribution in [2.45, 2.75) is 12.8 Å². The molecule has 4 nitrogen and oxygen atoms in total. The van der Waals surface area contributed by atoms with Gasteiger partial charge in [0.25, 0.3) is 5.91 Å². The fraction of sp³-hybridized carbons (Fsp3) is 0.222. The summed E-state index contributed by atoms with van der Waals surface area (Å²) in [6, 6.07) is 14.9. The Morgan fingerprint density at radius 2 is 1.71 bits per heavy atom. The first-order valence-corrected chi connectivity index (χ1v) is 8.64. The van der Waals surface area contributed by atoms with Gasteiger partial charge in [0.2, 0.25) is 0 Å². The van der Waals surface area contributed by atoms with Crippen LogP contribution in [-0.4, -0.2) is 24.1 Å². The first-order chi connectivity index (χ1) is 11.6. The molecule has 1 heterocycles. The smallest absolute Gasteiger partial charge is 0.258 e. The van der Waals surface area contributed by atoms with E-state index in [2.05, 4.69) is 21.6 Å². The van der Waals surface area contributed by atoms with Crippen molar-refractivity contribution >= 4 is 46.2 Å². The quantitative estimate of drug-likeness (QED) is 0.811. The molecule has 6 heteroatoms. The van der Waals surface area contributed by atoms with Crippen molar-refractivity contribution in [1.29, 1.82) is 0 Å². The molecule has 0 spiro atoms. The summed E-state index contributed by atoms with van der Waals surface area (Å²) in [4.78, 5) is 14.6. The fourth-order valence-electron chi connectivity index (χ4n) is 2.78. The fourth-order valence-corrected chi connectivity index (χ4v) is 3.21. The molecule has 0 bridgehead atoms. The minimum absolute atomic E-state index is 0.256. The minimum Gasteiger partial charge on any atom is -0.370 e. The summed E-state index contributed by atoms with van der Waals surface area (Å²) >= 11 is 11.3. The number of carbonyl (C=O) groups excluding carboxylic acids is 1. The molecule has 0 saturated carbocycles. The zero-order valence-electron chi connectivity index (χ0n) is 13.1. The number of para-hydroxylation sites is 2. The van der Waals surface area contributed by atoms with Gasteiger partial charge in [-0.3, -0.25) is 10.1 Å². The first-order valence-electron chi connectivity index (χ1n) is 7.86. The molecule has 1 amide bonds. The van der Waals surface area contributed by atoms with Gasteiger partial charge in [-0.2, -0.15) is 0 Å². The van der Waals surface area contributed by atoms with Crippen molar-refractivity contribution in [3.8, 4) is 0 Å². The Morgan fingerprint density at radius 1 is 1.04 bits per heavy atom. The molecule has 2 N–H and O–H groups in total. The van der Waals surface area contributed by atoms with Crippen LogP contribution in [0.4, 0.5) is 11.4 Å². The molecule has 3 rings (SSSR count). The average Bonchev–Trinajstić information content (AvgIpc) is 3.10. The van der Waals surface area contributed by atoms with Crippen LogP contribution in [0.25, 0.3) is 0 Å². The van der Waals surface area contributed by atoms with Gasteiger partial charge in [0, 0.05) is 13.1 Å². The van der Waals surface area contributed by atoms with E-state index in [4.69, 9.17) is 23.8 Å². The van der Waals surface area contributed by atoms with Gasteiger partial charge >= 0.3 is 0 Å². The predicted molar refractivity (Wildman–Crippen MR) is 103 cm³/mol. The molecule has 1 fully saturated rings. The number of halogens is 1. The highest BCUT2D eigenvalue weighted by Crippen LogP contribution is 2.28. The van der Waals surface area contributed by atoms with Crippen LogP contribution in [0.3, 0.4) is 0 Å². The highest BCUT2D eigenvalue weighted by atomic mass is 35.5. The van der Waals surface area contributed by atoms with Gasteiger partial charge in [0.05, 0.1) is 22.0 Å². The van der Waals surface area contributed by atoms with Crippen LogP contribution in [0.1, 0.15) is 23.2 Å². The van der Waals surface area contributed by atoms with Crippen molar-refractivity contribution in [2.75, 3.05) is 23.3 Å². The molecule has 1 aliphatic heterocycles. The lowest BCUT2D eigenvalue weighted by atomic mass is 10.2. The van der Waals surface area contributed by atoms with Gasteiger partial charge in [-0.15, -0.1) is 0 Å². The Balaban J connectivity index is 1.69. The van der Waals surface area contributed by atoms with Crippen molar-refractivity contribution < 1.29 is 4.79 Å². The van der Waals surface area contributed by atoms with Crippen molar-refractivity contribution in [3.63, 3.8) is 0 Å². The van der Waals surface area contributed by atoms with E-state index in [1.165, 1.54) is 12.8 Å². The summed E-state index contributed by atoms with van der Waals surface area (Å²) in [7, 11) is 0. The van der Waals surface area contributed by atoms with Gasteiger partial charge in [0.15, 0.2) is 5.11 Å². The van der Waals surface area contributed by atoms with Crippen LogP contribution in [0.15, 0.2) is 48.5 Å². The number of nitrogens with one attached hydrogen (secondary N) is 2. The van der Waals surface area contributed by atoms with Crippen molar-refractivity contribution in [1.82, 2.24) is 5.32 Å². The number of thiocarbonyl (C=S) groups is 1. The molecule has 1 saturated heterocycles. The Labute approximate surface area is 151 Å². The number of anilines is 2. The predicted octanol–water partition coefficient (Wildman–Crippen LogP) is 4.07. The summed E-state index contributed by atoms with van der Waals surface area (Å²) < 4.78 is 0. The van der Waals surface area contributed by atoms with Crippen LogP contribution in [0.5, 0.6) is 0 Å². The Morgan fingerprint density at radius 3 is 2.46 bits per heavy atom. The molecule has 0 aliphatic carbocycles. The van der Waals surface area contributed by atoms with E-state index >= 15 is 0 Å². The number of nitrogens with zero attached hydrogens (tertiary/aromatic N) is 1. The maximum atomic E-state index is 12.3. The topological polar surface area (TPSA) is 44.4 Å². The molecular formula is C18H18ClN3OS. The van der Waals surface area contributed by atoms with E-state index in [1.807, 2.05) is 18.2 Å². The molecule has 0 unspecified atom stereocenters. The zero-order chi connectivity index (χ0) is 16.9. The van der Waals surface area contributed by atoms with Gasteiger partial charge in [-0.25, -0.2) is 0 Å². The normalized spacial score (nSPS) is 13.6. The Bertz CT molecular complexity index is 759. The summed E-state index contributed by atoms with van der Waals surface area (Å²) in [5, 5.41) is 6.46. The molecule has 124 valence electrons. The number of benzene rings is 2. The molecule has 0 atom stereocenters. The van der Waals surface area contributed by atoms with Crippen LogP contribution in [0, 0.1) is 0 Å². The number of amides is 1. The lowest BCUT2D eigenvalue weighted by Crippen LogP contribution is -2.34. The van der Waals surface area contributed by atoms with E-state index in [-0.39, 0.29) is 11.0 Å². The molecule has 2 aromatic rings. The van der Waals surface area contributed by atoms with Gasteiger partial charge < -0.3 is 10.2 Å². The number of carbonyl (C=O) groups is 1. The maximum absolute atomic E-state index is 12.3. The summed E-state index contributed by atoms with van der Waals surface area (Å²) in [6.45, 7) is 2.08. The third-order valence-electron chi connectivity index (χ3n) is 3.94. The van der Waals surface area contributed by atoms with E-state index < -0.39 is 0 Å². The molecule has 1 aliphatic rings. The standard InChI is InChI=1S/C18H18ClN3OS/c19-14-8-2-1-7-13(14)17(23)21-18(24)20-15-9-3-4-10-16(15)22-11-5-6-12-22/h1-4,7-10H,5-6,11-12H2,(H2,20,21,23,24). The molecule has 2 aromatic carbocycles. The molecule has 0 radical (unpaired) electrons. The molecular weight excluding hydrogens is 342 g/mol. The second-order valence-corrected chi connectivity index (χ2v) is 6.41. The number of hydrogen-bond acceptors (Lipinski definition) is 3. The van der Waals surface area contributed by atoms with E-state index in [1.54, 1.807) is 24.3 Å². The molecule has 0 aromatic heterocycles. The average molecular weight is 360 g/mol. The van der Waals surface area contributed by atoms with Crippen molar-refractivity contribution in [2.24, 2.45) is 0 Å². The van der Waals surface area contributed by atoms with Crippen LogP contribution in [-0.2, 0) is 0 Å². The van der Waals surface area contributed by atoms with Crippen molar-refractivity contribution in [3.05, 3.63) is 59.1 Å². The van der Waals surface area contributed by atoms with Crippen LogP contribution < -0.4 is 15.5 Å². The van der Waals surface area contributed by atoms with E-state index in [0.29, 0.717) is 10.6 Å². The zero-order valence-corrected chi connectivity index (χ0v) is 14.7. The third-order valence-corrected chi connectivity index (χ3v) is 4.48. The molecule has 24 heavy (non-hydrogen) atoms. The summed E-state index contributed by atoms with van der Waals surface area (Å²) in [5.41, 5.74) is 2.39. The lowest BCUT2D eigenvalue weighted by Gasteiger charge is -2.22. The Kier molecular flexibility index (Phi) is 5.33. The number of hydrogen-bond donors (Lipinski definition) is 2. The Hall–Kier alpha value is -2.11.